The van der Waals surface area contributed by atoms with Crippen molar-refractivity contribution in [3.05, 3.63) is 70.1 Å². The van der Waals surface area contributed by atoms with Gasteiger partial charge in [-0.05, 0) is 24.6 Å². The molecular weight excluding hydrogens is 266 g/mol. The van der Waals surface area contributed by atoms with Crippen LogP contribution in [0.1, 0.15) is 11.3 Å². The van der Waals surface area contributed by atoms with Crippen molar-refractivity contribution in [3.8, 4) is 11.3 Å². The third-order valence-electron chi connectivity index (χ3n) is 3.21. The molecule has 0 aliphatic carbocycles. The van der Waals surface area contributed by atoms with E-state index >= 15 is 0 Å². The molecule has 0 spiro atoms. The highest BCUT2D eigenvalue weighted by Crippen LogP contribution is 2.21. The number of nitrogens with zero attached hydrogens (tertiary/aromatic N) is 2. The first kappa shape index (κ1) is 12.8. The maximum Gasteiger partial charge on any atom is 0.182 e. The molecule has 4 heteroatoms. The number of pyridine rings is 1. The highest BCUT2D eigenvalue weighted by molar-refractivity contribution is 7.07. The molecule has 0 fully saturated rings. The Labute approximate surface area is 121 Å². The van der Waals surface area contributed by atoms with E-state index in [0.29, 0.717) is 11.3 Å². The van der Waals surface area contributed by atoms with Gasteiger partial charge in [0.25, 0.3) is 0 Å². The van der Waals surface area contributed by atoms with Gasteiger partial charge in [0.2, 0.25) is 0 Å². The van der Waals surface area contributed by atoms with Crippen LogP contribution in [-0.2, 0) is 6.54 Å². The maximum atomic E-state index is 8.09. The summed E-state index contributed by atoms with van der Waals surface area (Å²) in [6.07, 6.45) is 1.79. The average Bonchev–Trinajstić information content (AvgIpc) is 2.83. The van der Waals surface area contributed by atoms with Gasteiger partial charge in [-0.1, -0.05) is 35.9 Å². The van der Waals surface area contributed by atoms with Crippen molar-refractivity contribution in [3.63, 3.8) is 0 Å². The minimum absolute atomic E-state index is 0.547. The molecule has 3 aromatic rings. The van der Waals surface area contributed by atoms with Crippen LogP contribution in [0.5, 0.6) is 0 Å². The number of benzene rings is 1. The SMILES string of the molecule is Cc1ccc(-c2csc(=N)n2Cc2ccccn2)cc1. The zero-order valence-corrected chi connectivity index (χ0v) is 12.0. The molecular formula is C16H15N3S. The Bertz CT molecular complexity index is 754. The summed E-state index contributed by atoms with van der Waals surface area (Å²) in [5.74, 6) is 0. The molecule has 0 unspecified atom stereocenters. The van der Waals surface area contributed by atoms with Gasteiger partial charge in [0.15, 0.2) is 4.80 Å². The van der Waals surface area contributed by atoms with Crippen LogP contribution in [-0.4, -0.2) is 9.55 Å². The molecule has 3 rings (SSSR count). The second kappa shape index (κ2) is 5.43. The fourth-order valence-electron chi connectivity index (χ4n) is 2.11. The zero-order valence-electron chi connectivity index (χ0n) is 11.2. The van der Waals surface area contributed by atoms with Crippen molar-refractivity contribution in [2.75, 3.05) is 0 Å². The largest absolute Gasteiger partial charge is 0.311 e. The molecule has 1 aromatic carbocycles. The molecule has 0 amide bonds. The van der Waals surface area contributed by atoms with E-state index in [1.807, 2.05) is 28.1 Å². The first-order valence-corrected chi connectivity index (χ1v) is 7.32. The molecule has 0 aliphatic rings. The normalized spacial score (nSPS) is 10.7. The van der Waals surface area contributed by atoms with Gasteiger partial charge < -0.3 is 4.57 Å². The summed E-state index contributed by atoms with van der Waals surface area (Å²) in [6.45, 7) is 2.71. The van der Waals surface area contributed by atoms with Gasteiger partial charge in [-0.25, -0.2) is 0 Å². The number of hydrogen-bond donors (Lipinski definition) is 1. The van der Waals surface area contributed by atoms with E-state index in [2.05, 4.69) is 36.2 Å². The molecule has 0 saturated carbocycles. The Balaban J connectivity index is 2.01. The lowest BCUT2D eigenvalue weighted by atomic mass is 10.1. The fraction of sp³-hybridized carbons (Fsp3) is 0.125. The molecule has 0 radical (unpaired) electrons. The van der Waals surface area contributed by atoms with Crippen LogP contribution in [0, 0.1) is 12.3 Å². The molecule has 0 bridgehead atoms. The Morgan fingerprint density at radius 1 is 1.15 bits per heavy atom. The Kier molecular flexibility index (Phi) is 3.48. The molecule has 0 saturated heterocycles. The highest BCUT2D eigenvalue weighted by atomic mass is 32.1. The molecule has 100 valence electrons. The fourth-order valence-corrected chi connectivity index (χ4v) is 2.88. The van der Waals surface area contributed by atoms with Crippen molar-refractivity contribution >= 4 is 11.3 Å². The lowest BCUT2D eigenvalue weighted by molar-refractivity contribution is 0.747. The predicted octanol–water partition coefficient (Wildman–Crippen LogP) is 3.45. The van der Waals surface area contributed by atoms with Crippen LogP contribution in [0.4, 0.5) is 0 Å². The van der Waals surface area contributed by atoms with E-state index in [9.17, 15) is 0 Å². The van der Waals surface area contributed by atoms with Crippen molar-refractivity contribution < 1.29 is 0 Å². The van der Waals surface area contributed by atoms with Gasteiger partial charge in [-0.15, -0.1) is 11.3 Å². The second-order valence-electron chi connectivity index (χ2n) is 4.70. The van der Waals surface area contributed by atoms with E-state index < -0.39 is 0 Å². The molecule has 0 aliphatic heterocycles. The van der Waals surface area contributed by atoms with Crippen LogP contribution in [0.3, 0.4) is 0 Å². The van der Waals surface area contributed by atoms with Crippen molar-refractivity contribution in [2.45, 2.75) is 13.5 Å². The van der Waals surface area contributed by atoms with Crippen LogP contribution in [0.25, 0.3) is 11.3 Å². The van der Waals surface area contributed by atoms with Gasteiger partial charge in [0, 0.05) is 11.6 Å². The monoisotopic (exact) mass is 281 g/mol. The van der Waals surface area contributed by atoms with Crippen LogP contribution >= 0.6 is 11.3 Å². The van der Waals surface area contributed by atoms with E-state index in [4.69, 9.17) is 5.41 Å². The van der Waals surface area contributed by atoms with Gasteiger partial charge in [-0.3, -0.25) is 10.4 Å². The number of nitrogens with one attached hydrogen (secondary N) is 1. The Hall–Kier alpha value is -2.20. The third-order valence-corrected chi connectivity index (χ3v) is 4.00. The highest BCUT2D eigenvalue weighted by Gasteiger charge is 2.08. The van der Waals surface area contributed by atoms with Gasteiger partial charge in [0.05, 0.1) is 17.9 Å². The van der Waals surface area contributed by atoms with Crippen molar-refractivity contribution in [1.82, 2.24) is 9.55 Å². The summed E-state index contributed by atoms with van der Waals surface area (Å²) in [5, 5.41) is 10.1. The summed E-state index contributed by atoms with van der Waals surface area (Å²) >= 11 is 1.45. The summed E-state index contributed by atoms with van der Waals surface area (Å²) in [4.78, 5) is 4.89. The maximum absolute atomic E-state index is 8.09. The van der Waals surface area contributed by atoms with Gasteiger partial charge in [0.1, 0.15) is 0 Å². The van der Waals surface area contributed by atoms with Crippen LogP contribution in [0.15, 0.2) is 54.0 Å². The smallest absolute Gasteiger partial charge is 0.182 e. The molecule has 2 heterocycles. The zero-order chi connectivity index (χ0) is 13.9. The summed E-state index contributed by atoms with van der Waals surface area (Å²) in [7, 11) is 0. The van der Waals surface area contributed by atoms with E-state index in [1.54, 1.807) is 6.20 Å². The standard InChI is InChI=1S/C16H15N3S/c1-12-5-7-13(8-6-12)15-11-20-16(17)19(15)10-14-4-2-3-9-18-14/h2-9,11,17H,10H2,1H3. The Morgan fingerprint density at radius 3 is 2.65 bits per heavy atom. The summed E-state index contributed by atoms with van der Waals surface area (Å²) in [6, 6.07) is 14.3. The minimum atomic E-state index is 0.547. The predicted molar refractivity (Wildman–Crippen MR) is 81.7 cm³/mol. The molecule has 20 heavy (non-hydrogen) atoms. The van der Waals surface area contributed by atoms with Crippen LogP contribution in [0.2, 0.25) is 0 Å². The summed E-state index contributed by atoms with van der Waals surface area (Å²) in [5.41, 5.74) is 4.43. The lowest BCUT2D eigenvalue weighted by Gasteiger charge is -2.08. The first-order chi connectivity index (χ1) is 9.74. The van der Waals surface area contributed by atoms with Gasteiger partial charge in [-0.2, -0.15) is 0 Å². The second-order valence-corrected chi connectivity index (χ2v) is 5.56. The molecule has 1 N–H and O–H groups in total. The first-order valence-electron chi connectivity index (χ1n) is 6.44. The van der Waals surface area contributed by atoms with E-state index in [1.165, 1.54) is 16.9 Å². The quantitative estimate of drug-likeness (QED) is 0.785. The topological polar surface area (TPSA) is 41.7 Å². The number of aryl methyl sites for hydroxylation is 1. The number of aromatic nitrogens is 2. The molecule has 3 nitrogen and oxygen atoms in total. The van der Waals surface area contributed by atoms with Gasteiger partial charge >= 0.3 is 0 Å². The number of hydrogen-bond acceptors (Lipinski definition) is 3. The van der Waals surface area contributed by atoms with Crippen LogP contribution < -0.4 is 4.80 Å². The van der Waals surface area contributed by atoms with Crippen molar-refractivity contribution in [1.29, 1.82) is 5.41 Å². The Morgan fingerprint density at radius 2 is 1.95 bits per heavy atom. The number of rotatable bonds is 3. The molecule has 0 atom stereocenters. The number of thiazole rings is 1. The average molecular weight is 281 g/mol. The molecule has 2 aromatic heterocycles. The summed E-state index contributed by atoms with van der Waals surface area (Å²) < 4.78 is 2.00. The lowest BCUT2D eigenvalue weighted by Crippen LogP contribution is -2.16. The third kappa shape index (κ3) is 2.56. The van der Waals surface area contributed by atoms with Crippen molar-refractivity contribution in [2.24, 2.45) is 0 Å². The van der Waals surface area contributed by atoms with E-state index in [-0.39, 0.29) is 0 Å². The minimum Gasteiger partial charge on any atom is -0.311 e. The van der Waals surface area contributed by atoms with E-state index in [0.717, 1.165) is 17.0 Å².